The molecule has 4 nitrogen and oxygen atoms in total. The normalized spacial score (nSPS) is 18.8. The van der Waals surface area contributed by atoms with Gasteiger partial charge in [0.1, 0.15) is 0 Å². The average Bonchev–Trinajstić information content (AvgIpc) is 3.07. The van der Waals surface area contributed by atoms with Gasteiger partial charge in [0.2, 0.25) is 5.22 Å². The molecule has 19 heavy (non-hydrogen) atoms. The number of pyridine rings is 1. The maximum atomic E-state index is 12.5. The maximum absolute atomic E-state index is 12.5. The molecule has 3 heterocycles. The van der Waals surface area contributed by atoms with Gasteiger partial charge in [-0.15, -0.1) is 0 Å². The second-order valence-corrected chi connectivity index (χ2v) is 4.89. The predicted molar refractivity (Wildman–Crippen MR) is 71.0 cm³/mol. The van der Waals surface area contributed by atoms with E-state index in [9.17, 15) is 4.79 Å². The lowest BCUT2D eigenvalue weighted by Gasteiger charge is -2.24. The highest BCUT2D eigenvalue weighted by molar-refractivity contribution is 6.32. The Morgan fingerprint density at radius 1 is 1.37 bits per heavy atom. The van der Waals surface area contributed by atoms with E-state index in [1.807, 2.05) is 17.0 Å². The van der Waals surface area contributed by atoms with Gasteiger partial charge in [0.05, 0.1) is 17.9 Å². The number of likely N-dealkylation sites (tertiary alicyclic amines) is 1. The van der Waals surface area contributed by atoms with Crippen LogP contribution in [0.25, 0.3) is 0 Å². The average molecular weight is 277 g/mol. The van der Waals surface area contributed by atoms with Crippen LogP contribution in [0.2, 0.25) is 5.22 Å². The topological polar surface area (TPSA) is 46.3 Å². The van der Waals surface area contributed by atoms with E-state index in [2.05, 4.69) is 4.98 Å². The number of halogens is 1. The van der Waals surface area contributed by atoms with E-state index in [4.69, 9.17) is 16.0 Å². The second-order valence-electron chi connectivity index (χ2n) is 4.55. The molecule has 0 N–H and O–H groups in total. The SMILES string of the molecule is O=C(c1ccoc1Cl)N1CCCC1c1ccncc1. The number of hydrogen-bond donors (Lipinski definition) is 0. The van der Waals surface area contributed by atoms with Crippen molar-refractivity contribution in [2.24, 2.45) is 0 Å². The number of furan rings is 1. The van der Waals surface area contributed by atoms with Crippen molar-refractivity contribution in [2.45, 2.75) is 18.9 Å². The summed E-state index contributed by atoms with van der Waals surface area (Å²) in [6.45, 7) is 0.743. The molecule has 1 saturated heterocycles. The van der Waals surface area contributed by atoms with Crippen molar-refractivity contribution in [1.82, 2.24) is 9.88 Å². The first-order valence-electron chi connectivity index (χ1n) is 6.21. The van der Waals surface area contributed by atoms with E-state index >= 15 is 0 Å². The number of hydrogen-bond acceptors (Lipinski definition) is 3. The first-order chi connectivity index (χ1) is 9.27. The highest BCUT2D eigenvalue weighted by Crippen LogP contribution is 2.33. The van der Waals surface area contributed by atoms with Gasteiger partial charge < -0.3 is 9.32 Å². The van der Waals surface area contributed by atoms with Crippen molar-refractivity contribution in [3.05, 3.63) is 53.2 Å². The van der Waals surface area contributed by atoms with Gasteiger partial charge in [-0.05, 0) is 48.2 Å². The molecule has 2 aromatic rings. The fraction of sp³-hybridized carbons (Fsp3) is 0.286. The monoisotopic (exact) mass is 276 g/mol. The summed E-state index contributed by atoms with van der Waals surface area (Å²) >= 11 is 5.88. The summed E-state index contributed by atoms with van der Waals surface area (Å²) in [5.74, 6) is -0.0712. The number of carbonyl (C=O) groups is 1. The highest BCUT2D eigenvalue weighted by atomic mass is 35.5. The summed E-state index contributed by atoms with van der Waals surface area (Å²) in [7, 11) is 0. The Kier molecular flexibility index (Phi) is 3.25. The van der Waals surface area contributed by atoms with Crippen LogP contribution in [0.5, 0.6) is 0 Å². The van der Waals surface area contributed by atoms with Crippen molar-refractivity contribution in [3.63, 3.8) is 0 Å². The molecule has 2 aromatic heterocycles. The molecule has 1 aliphatic rings. The van der Waals surface area contributed by atoms with Gasteiger partial charge >= 0.3 is 0 Å². The molecular formula is C14H13ClN2O2. The largest absolute Gasteiger partial charge is 0.452 e. The lowest BCUT2D eigenvalue weighted by Crippen LogP contribution is -2.30. The molecule has 5 heteroatoms. The van der Waals surface area contributed by atoms with Crippen LogP contribution in [0.15, 0.2) is 41.3 Å². The number of carbonyl (C=O) groups excluding carboxylic acids is 1. The van der Waals surface area contributed by atoms with Gasteiger partial charge in [0, 0.05) is 18.9 Å². The number of nitrogens with zero attached hydrogens (tertiary/aromatic N) is 2. The van der Waals surface area contributed by atoms with E-state index in [0.717, 1.165) is 24.9 Å². The van der Waals surface area contributed by atoms with Crippen LogP contribution in [0, 0.1) is 0 Å². The summed E-state index contributed by atoms with van der Waals surface area (Å²) in [5, 5.41) is 0.158. The van der Waals surface area contributed by atoms with Crippen LogP contribution in [-0.2, 0) is 0 Å². The zero-order chi connectivity index (χ0) is 13.2. The Balaban J connectivity index is 1.88. The molecule has 1 atom stereocenters. The Morgan fingerprint density at radius 3 is 2.84 bits per heavy atom. The van der Waals surface area contributed by atoms with Gasteiger partial charge in [0.15, 0.2) is 0 Å². The number of aromatic nitrogens is 1. The third-order valence-electron chi connectivity index (χ3n) is 3.45. The van der Waals surface area contributed by atoms with Crippen LogP contribution in [0.3, 0.4) is 0 Å². The van der Waals surface area contributed by atoms with E-state index in [0.29, 0.717) is 5.56 Å². The molecule has 0 aliphatic carbocycles. The zero-order valence-corrected chi connectivity index (χ0v) is 11.0. The minimum Gasteiger partial charge on any atom is -0.452 e. The molecule has 0 aromatic carbocycles. The fourth-order valence-corrected chi connectivity index (χ4v) is 2.74. The van der Waals surface area contributed by atoms with E-state index < -0.39 is 0 Å². The predicted octanol–water partition coefficient (Wildman–Crippen LogP) is 3.31. The van der Waals surface area contributed by atoms with E-state index in [-0.39, 0.29) is 17.2 Å². The van der Waals surface area contributed by atoms with Crippen molar-refractivity contribution in [2.75, 3.05) is 6.54 Å². The first-order valence-corrected chi connectivity index (χ1v) is 6.59. The number of rotatable bonds is 2. The molecule has 0 radical (unpaired) electrons. The second kappa shape index (κ2) is 5.05. The zero-order valence-electron chi connectivity index (χ0n) is 10.3. The smallest absolute Gasteiger partial charge is 0.259 e. The number of amides is 1. The van der Waals surface area contributed by atoms with E-state index in [1.54, 1.807) is 18.5 Å². The van der Waals surface area contributed by atoms with Crippen LogP contribution in [0.1, 0.15) is 34.8 Å². The molecular weight excluding hydrogens is 264 g/mol. The quantitative estimate of drug-likeness (QED) is 0.845. The lowest BCUT2D eigenvalue weighted by molar-refractivity contribution is 0.0735. The van der Waals surface area contributed by atoms with Gasteiger partial charge in [-0.2, -0.15) is 0 Å². The third-order valence-corrected chi connectivity index (χ3v) is 3.75. The summed E-state index contributed by atoms with van der Waals surface area (Å²) in [4.78, 5) is 18.3. The molecule has 98 valence electrons. The van der Waals surface area contributed by atoms with Gasteiger partial charge in [-0.25, -0.2) is 0 Å². The highest BCUT2D eigenvalue weighted by Gasteiger charge is 2.32. The summed E-state index contributed by atoms with van der Waals surface area (Å²) in [6, 6.07) is 5.62. The minimum absolute atomic E-state index is 0.0712. The standard InChI is InChI=1S/C14H13ClN2O2/c15-13-11(5-9-19-13)14(18)17-8-1-2-12(17)10-3-6-16-7-4-10/h3-7,9,12H,1-2,8H2. The Labute approximate surface area is 116 Å². The first kappa shape index (κ1) is 12.2. The Hall–Kier alpha value is -1.81. The van der Waals surface area contributed by atoms with Gasteiger partial charge in [-0.3, -0.25) is 9.78 Å². The molecule has 1 amide bonds. The van der Waals surface area contributed by atoms with Crippen molar-refractivity contribution in [3.8, 4) is 0 Å². The molecule has 1 fully saturated rings. The fourth-order valence-electron chi connectivity index (χ4n) is 2.54. The van der Waals surface area contributed by atoms with Crippen molar-refractivity contribution in [1.29, 1.82) is 0 Å². The molecule has 0 spiro atoms. The summed E-state index contributed by atoms with van der Waals surface area (Å²) in [6.07, 6.45) is 6.90. The van der Waals surface area contributed by atoms with Crippen LogP contribution in [-0.4, -0.2) is 22.3 Å². The van der Waals surface area contributed by atoms with Gasteiger partial charge in [-0.1, -0.05) is 0 Å². The lowest BCUT2D eigenvalue weighted by atomic mass is 10.1. The molecule has 0 bridgehead atoms. The van der Waals surface area contributed by atoms with Crippen LogP contribution >= 0.6 is 11.6 Å². The minimum atomic E-state index is -0.0712. The van der Waals surface area contributed by atoms with E-state index in [1.165, 1.54) is 6.26 Å². The molecule has 0 saturated carbocycles. The summed E-state index contributed by atoms with van der Waals surface area (Å²) in [5.41, 5.74) is 1.54. The summed E-state index contributed by atoms with van der Waals surface area (Å²) < 4.78 is 4.99. The molecule has 3 rings (SSSR count). The van der Waals surface area contributed by atoms with Crippen molar-refractivity contribution < 1.29 is 9.21 Å². The van der Waals surface area contributed by atoms with Crippen LogP contribution in [0.4, 0.5) is 0 Å². The molecule has 1 unspecified atom stereocenters. The Morgan fingerprint density at radius 2 is 2.16 bits per heavy atom. The Bertz CT molecular complexity index is 582. The van der Waals surface area contributed by atoms with Gasteiger partial charge in [0.25, 0.3) is 5.91 Å². The molecule has 1 aliphatic heterocycles. The maximum Gasteiger partial charge on any atom is 0.259 e. The van der Waals surface area contributed by atoms with Crippen LogP contribution < -0.4 is 0 Å². The third kappa shape index (κ3) is 2.24. The van der Waals surface area contributed by atoms with Crippen molar-refractivity contribution >= 4 is 17.5 Å².